The van der Waals surface area contributed by atoms with Crippen molar-refractivity contribution in [2.45, 2.75) is 6.92 Å². The molecule has 0 fully saturated rings. The Morgan fingerprint density at radius 1 is 0.971 bits per heavy atom. The summed E-state index contributed by atoms with van der Waals surface area (Å²) in [5.74, 6) is 0.982. The number of carbonyl (C=O) groups excluding carboxylic acids is 1. The van der Waals surface area contributed by atoms with E-state index in [1.807, 2.05) is 79.0 Å². The summed E-state index contributed by atoms with van der Waals surface area (Å²) in [6, 6.07) is 22.7. The minimum atomic E-state index is -0.441. The first kappa shape index (κ1) is 22.6. The molecule has 0 aliphatic carbocycles. The van der Waals surface area contributed by atoms with Gasteiger partial charge in [0.1, 0.15) is 24.7 Å². The zero-order chi connectivity index (χ0) is 24.2. The molecule has 0 spiro atoms. The number of benzene rings is 2. The molecule has 35 heavy (non-hydrogen) atoms. The van der Waals surface area contributed by atoms with Gasteiger partial charge in [-0.15, -0.1) is 11.3 Å². The molecule has 176 valence electrons. The predicted molar refractivity (Wildman–Crippen MR) is 136 cm³/mol. The number of methoxy groups -OCH3 is 1. The Kier molecular flexibility index (Phi) is 6.45. The van der Waals surface area contributed by atoms with Gasteiger partial charge in [-0.25, -0.2) is 14.5 Å². The number of hydrogen-bond donors (Lipinski definition) is 0. The van der Waals surface area contributed by atoms with Crippen molar-refractivity contribution in [2.75, 3.05) is 20.3 Å². The molecule has 0 unspecified atom stereocenters. The first-order valence-electron chi connectivity index (χ1n) is 11.1. The molecule has 0 N–H and O–H groups in total. The lowest BCUT2D eigenvalue weighted by Gasteiger charge is -2.10. The van der Waals surface area contributed by atoms with Crippen LogP contribution in [0.1, 0.15) is 16.1 Å². The van der Waals surface area contributed by atoms with Crippen LogP contribution in [0, 0.1) is 6.92 Å². The fourth-order valence-corrected chi connectivity index (χ4v) is 4.48. The number of aryl methyl sites for hydroxylation is 1. The second-order valence-corrected chi connectivity index (χ2v) is 8.67. The molecule has 8 heteroatoms. The van der Waals surface area contributed by atoms with Gasteiger partial charge in [0, 0.05) is 0 Å². The summed E-state index contributed by atoms with van der Waals surface area (Å²) in [6.07, 6.45) is 0. The number of aromatic nitrogens is 3. The molecule has 0 saturated heterocycles. The summed E-state index contributed by atoms with van der Waals surface area (Å²) < 4.78 is 18.2. The second-order valence-electron chi connectivity index (χ2n) is 7.72. The van der Waals surface area contributed by atoms with Crippen molar-refractivity contribution in [1.29, 1.82) is 0 Å². The molecule has 3 heterocycles. The van der Waals surface area contributed by atoms with Gasteiger partial charge in [0.2, 0.25) is 0 Å². The topological polar surface area (TPSA) is 75.5 Å². The molecule has 0 radical (unpaired) electrons. The van der Waals surface area contributed by atoms with E-state index in [9.17, 15) is 4.79 Å². The van der Waals surface area contributed by atoms with Gasteiger partial charge in [-0.2, -0.15) is 5.10 Å². The normalized spacial score (nSPS) is 10.9. The summed E-state index contributed by atoms with van der Waals surface area (Å²) in [7, 11) is 1.61. The Morgan fingerprint density at radius 2 is 1.74 bits per heavy atom. The fourth-order valence-electron chi connectivity index (χ4n) is 3.79. The molecule has 2 aromatic carbocycles. The van der Waals surface area contributed by atoms with E-state index in [0.29, 0.717) is 33.7 Å². The van der Waals surface area contributed by atoms with Crippen molar-refractivity contribution >= 4 is 28.3 Å². The second kappa shape index (κ2) is 9.99. The summed E-state index contributed by atoms with van der Waals surface area (Å²) >= 11 is 1.56. The van der Waals surface area contributed by atoms with Crippen molar-refractivity contribution in [2.24, 2.45) is 0 Å². The fraction of sp³-hybridized carbons (Fsp3) is 0.148. The number of ether oxygens (including phenoxy) is 3. The zero-order valence-corrected chi connectivity index (χ0v) is 20.1. The molecule has 0 bridgehead atoms. The van der Waals surface area contributed by atoms with E-state index in [0.717, 1.165) is 16.3 Å². The van der Waals surface area contributed by atoms with Gasteiger partial charge >= 0.3 is 5.97 Å². The largest absolute Gasteiger partial charge is 0.497 e. The van der Waals surface area contributed by atoms with E-state index in [2.05, 4.69) is 0 Å². The molecule has 3 aromatic heterocycles. The Balaban J connectivity index is 1.43. The third-order valence-corrected chi connectivity index (χ3v) is 6.34. The smallest absolute Gasteiger partial charge is 0.339 e. The molecular formula is C27H23N3O4S. The van der Waals surface area contributed by atoms with Gasteiger partial charge in [0.25, 0.3) is 0 Å². The van der Waals surface area contributed by atoms with E-state index < -0.39 is 5.97 Å². The third-order valence-electron chi connectivity index (χ3n) is 5.45. The van der Waals surface area contributed by atoms with Crippen LogP contribution in [-0.2, 0) is 4.74 Å². The van der Waals surface area contributed by atoms with Gasteiger partial charge < -0.3 is 14.2 Å². The van der Waals surface area contributed by atoms with Gasteiger partial charge in [-0.3, -0.25) is 0 Å². The van der Waals surface area contributed by atoms with Crippen LogP contribution in [0.5, 0.6) is 11.5 Å². The Hall–Kier alpha value is -4.17. The lowest BCUT2D eigenvalue weighted by Crippen LogP contribution is -2.13. The van der Waals surface area contributed by atoms with E-state index in [1.165, 1.54) is 0 Å². The number of hydrogen-bond acceptors (Lipinski definition) is 7. The maximum Gasteiger partial charge on any atom is 0.339 e. The lowest BCUT2D eigenvalue weighted by molar-refractivity contribution is 0.0452. The van der Waals surface area contributed by atoms with Crippen LogP contribution in [-0.4, -0.2) is 41.1 Å². The van der Waals surface area contributed by atoms with Gasteiger partial charge in [-0.05, 0) is 60.8 Å². The van der Waals surface area contributed by atoms with E-state index in [1.54, 1.807) is 29.2 Å². The number of carbonyl (C=O) groups is 1. The number of rotatable bonds is 8. The standard InChI is InChI=1S/C27H23N3O4S/c1-18-25-22(27(31)34-15-14-33-21-12-10-20(32-2)11-13-21)17-23(24-9-6-16-35-24)28-26(25)30(29-18)19-7-4-3-5-8-19/h3-13,16-17H,14-15H2,1-2H3. The van der Waals surface area contributed by atoms with Crippen molar-refractivity contribution in [3.8, 4) is 27.8 Å². The highest BCUT2D eigenvalue weighted by Gasteiger charge is 2.22. The first-order valence-corrected chi connectivity index (χ1v) is 12.0. The van der Waals surface area contributed by atoms with Gasteiger partial charge in [-0.1, -0.05) is 24.3 Å². The van der Waals surface area contributed by atoms with Crippen molar-refractivity contribution in [1.82, 2.24) is 14.8 Å². The van der Waals surface area contributed by atoms with Crippen molar-refractivity contribution < 1.29 is 19.0 Å². The van der Waals surface area contributed by atoms with E-state index >= 15 is 0 Å². The maximum atomic E-state index is 13.2. The number of fused-ring (bicyclic) bond motifs is 1. The molecule has 5 rings (SSSR count). The van der Waals surface area contributed by atoms with Crippen LogP contribution in [0.4, 0.5) is 0 Å². The maximum absolute atomic E-state index is 13.2. The molecule has 0 amide bonds. The Morgan fingerprint density at radius 3 is 2.46 bits per heavy atom. The minimum Gasteiger partial charge on any atom is -0.497 e. The predicted octanol–water partition coefficient (Wildman–Crippen LogP) is 5.70. The number of pyridine rings is 1. The molecule has 7 nitrogen and oxygen atoms in total. The summed E-state index contributed by atoms with van der Waals surface area (Å²) in [6.45, 7) is 2.21. The highest BCUT2D eigenvalue weighted by Crippen LogP contribution is 2.31. The highest BCUT2D eigenvalue weighted by molar-refractivity contribution is 7.13. The zero-order valence-electron chi connectivity index (χ0n) is 19.3. The summed E-state index contributed by atoms with van der Waals surface area (Å²) in [5, 5.41) is 7.35. The van der Waals surface area contributed by atoms with Crippen LogP contribution in [0.2, 0.25) is 0 Å². The first-order chi connectivity index (χ1) is 17.1. The van der Waals surface area contributed by atoms with Gasteiger partial charge in [0.15, 0.2) is 5.65 Å². The number of thiophene rings is 1. The van der Waals surface area contributed by atoms with E-state index in [4.69, 9.17) is 24.3 Å². The summed E-state index contributed by atoms with van der Waals surface area (Å²) in [4.78, 5) is 19.1. The monoisotopic (exact) mass is 485 g/mol. The molecule has 0 aliphatic rings. The molecular weight excluding hydrogens is 462 g/mol. The van der Waals surface area contributed by atoms with Crippen LogP contribution < -0.4 is 9.47 Å². The minimum absolute atomic E-state index is 0.106. The lowest BCUT2D eigenvalue weighted by atomic mass is 10.1. The SMILES string of the molecule is COc1ccc(OCCOC(=O)c2cc(-c3cccs3)nc3c2c(C)nn3-c2ccccc2)cc1. The van der Waals surface area contributed by atoms with Gasteiger partial charge in [0.05, 0.1) is 40.0 Å². The van der Waals surface area contributed by atoms with Crippen LogP contribution >= 0.6 is 11.3 Å². The number of esters is 1. The van der Waals surface area contributed by atoms with Crippen LogP contribution in [0.15, 0.2) is 78.2 Å². The number of para-hydroxylation sites is 1. The Bertz CT molecular complexity index is 1450. The average molecular weight is 486 g/mol. The number of nitrogens with zero attached hydrogens (tertiary/aromatic N) is 3. The molecule has 0 atom stereocenters. The summed E-state index contributed by atoms with van der Waals surface area (Å²) in [5.41, 5.74) is 3.32. The van der Waals surface area contributed by atoms with Crippen LogP contribution in [0.3, 0.4) is 0 Å². The average Bonchev–Trinajstić information content (AvgIpc) is 3.55. The van der Waals surface area contributed by atoms with Crippen molar-refractivity contribution in [3.05, 3.63) is 89.4 Å². The molecule has 5 aromatic rings. The highest BCUT2D eigenvalue weighted by atomic mass is 32.1. The Labute approximate surface area is 206 Å². The molecule has 0 aliphatic heterocycles. The molecule has 0 saturated carbocycles. The van der Waals surface area contributed by atoms with Crippen molar-refractivity contribution in [3.63, 3.8) is 0 Å². The van der Waals surface area contributed by atoms with Crippen LogP contribution in [0.25, 0.3) is 27.3 Å². The quantitative estimate of drug-likeness (QED) is 0.207. The third kappa shape index (κ3) is 4.74. The van der Waals surface area contributed by atoms with E-state index in [-0.39, 0.29) is 13.2 Å².